The maximum atomic E-state index is 12.3. The minimum atomic E-state index is -3.71. The first-order chi connectivity index (χ1) is 9.29. The number of hydrogen-bond donors (Lipinski definition) is 2. The molecule has 20 heavy (non-hydrogen) atoms. The van der Waals surface area contributed by atoms with Gasteiger partial charge in [0.2, 0.25) is 0 Å². The first-order valence-electron chi connectivity index (χ1n) is 5.50. The van der Waals surface area contributed by atoms with Crippen LogP contribution in [0, 0.1) is 6.92 Å². The van der Waals surface area contributed by atoms with E-state index >= 15 is 0 Å². The van der Waals surface area contributed by atoms with Crippen LogP contribution in [0.3, 0.4) is 0 Å². The van der Waals surface area contributed by atoms with Crippen molar-refractivity contribution in [3.63, 3.8) is 0 Å². The first-order valence-corrected chi connectivity index (χ1v) is 8.16. The zero-order valence-electron chi connectivity index (χ0n) is 10.4. The molecule has 3 N–H and O–H groups in total. The Labute approximate surface area is 130 Å². The van der Waals surface area contributed by atoms with Gasteiger partial charge in [0.25, 0.3) is 10.0 Å². The first kappa shape index (κ1) is 15.1. The van der Waals surface area contributed by atoms with Gasteiger partial charge in [-0.05, 0) is 53.2 Å². The van der Waals surface area contributed by atoms with Crippen LogP contribution in [-0.4, -0.2) is 13.4 Å². The number of nitrogen functional groups attached to an aromatic ring is 1. The lowest BCUT2D eigenvalue weighted by Crippen LogP contribution is -2.14. The average molecular weight is 377 g/mol. The van der Waals surface area contributed by atoms with Crippen LogP contribution >= 0.6 is 27.5 Å². The fraction of sp³-hybridized carbons (Fsp3) is 0.0833. The lowest BCUT2D eigenvalue weighted by atomic mass is 10.3. The number of aromatic nitrogens is 1. The molecule has 8 heteroatoms. The van der Waals surface area contributed by atoms with E-state index in [4.69, 9.17) is 17.3 Å². The number of nitrogens with zero attached hydrogens (tertiary/aromatic N) is 1. The number of nitrogens with two attached hydrogens (primary N) is 1. The van der Waals surface area contributed by atoms with Crippen molar-refractivity contribution in [2.24, 2.45) is 0 Å². The highest BCUT2D eigenvalue weighted by atomic mass is 79.9. The van der Waals surface area contributed by atoms with Crippen LogP contribution in [0.4, 0.5) is 11.4 Å². The normalized spacial score (nSPS) is 11.3. The molecule has 0 saturated carbocycles. The predicted octanol–water partition coefficient (Wildman–Crippen LogP) is 3.19. The van der Waals surface area contributed by atoms with Gasteiger partial charge >= 0.3 is 0 Å². The van der Waals surface area contributed by atoms with Gasteiger partial charge in [-0.2, -0.15) is 0 Å². The van der Waals surface area contributed by atoms with Crippen molar-refractivity contribution in [1.82, 2.24) is 4.98 Å². The topological polar surface area (TPSA) is 85.1 Å². The standard InChI is InChI=1S/C12H11BrClN3O2S/c1-7-11(4-5-12(14)16-7)17-20(18,19)8-2-3-10(15)9(13)6-8/h2-6,17H,15H2,1H3. The molecule has 106 valence electrons. The van der Waals surface area contributed by atoms with Crippen LogP contribution < -0.4 is 10.5 Å². The van der Waals surface area contributed by atoms with Crippen LogP contribution in [0.5, 0.6) is 0 Å². The van der Waals surface area contributed by atoms with E-state index in [0.29, 0.717) is 26.7 Å². The second kappa shape index (κ2) is 5.59. The van der Waals surface area contributed by atoms with Crippen LogP contribution in [-0.2, 0) is 10.0 Å². The van der Waals surface area contributed by atoms with Crippen molar-refractivity contribution < 1.29 is 8.42 Å². The third kappa shape index (κ3) is 3.23. The van der Waals surface area contributed by atoms with Gasteiger partial charge in [0.1, 0.15) is 5.15 Å². The maximum absolute atomic E-state index is 12.3. The van der Waals surface area contributed by atoms with Gasteiger partial charge in [-0.3, -0.25) is 4.72 Å². The monoisotopic (exact) mass is 375 g/mol. The number of hydrogen-bond acceptors (Lipinski definition) is 4. The predicted molar refractivity (Wildman–Crippen MR) is 83.3 cm³/mol. The molecule has 5 nitrogen and oxygen atoms in total. The molecule has 0 unspecified atom stereocenters. The zero-order valence-corrected chi connectivity index (χ0v) is 13.6. The summed E-state index contributed by atoms with van der Waals surface area (Å²) in [5.41, 5.74) is 6.98. The summed E-state index contributed by atoms with van der Waals surface area (Å²) in [6.07, 6.45) is 0. The quantitative estimate of drug-likeness (QED) is 0.636. The summed E-state index contributed by atoms with van der Waals surface area (Å²) in [4.78, 5) is 4.10. The Morgan fingerprint density at radius 3 is 2.60 bits per heavy atom. The Morgan fingerprint density at radius 1 is 1.30 bits per heavy atom. The molecule has 1 heterocycles. The number of nitrogens with one attached hydrogen (secondary N) is 1. The van der Waals surface area contributed by atoms with Gasteiger partial charge in [-0.25, -0.2) is 13.4 Å². The fourth-order valence-electron chi connectivity index (χ4n) is 1.52. The molecule has 0 saturated heterocycles. The summed E-state index contributed by atoms with van der Waals surface area (Å²) in [5.74, 6) is 0. The van der Waals surface area contributed by atoms with Crippen LogP contribution in [0.1, 0.15) is 5.69 Å². The summed E-state index contributed by atoms with van der Waals surface area (Å²) >= 11 is 8.94. The number of rotatable bonds is 3. The molecule has 0 bridgehead atoms. The highest BCUT2D eigenvalue weighted by Gasteiger charge is 2.16. The molecule has 2 rings (SSSR count). The van der Waals surface area contributed by atoms with E-state index in [2.05, 4.69) is 25.6 Å². The largest absolute Gasteiger partial charge is 0.398 e. The zero-order chi connectivity index (χ0) is 14.9. The van der Waals surface area contributed by atoms with E-state index in [1.807, 2.05) is 0 Å². The molecule has 2 aromatic rings. The third-order valence-electron chi connectivity index (χ3n) is 2.58. The Hall–Kier alpha value is -1.31. The Morgan fingerprint density at radius 2 is 2.00 bits per heavy atom. The second-order valence-electron chi connectivity index (χ2n) is 4.06. The molecule has 1 aromatic heterocycles. The molecule has 0 aliphatic carbocycles. The van der Waals surface area contributed by atoms with Gasteiger partial charge < -0.3 is 5.73 Å². The molecule has 0 atom stereocenters. The van der Waals surface area contributed by atoms with E-state index in [1.165, 1.54) is 24.3 Å². The smallest absolute Gasteiger partial charge is 0.261 e. The van der Waals surface area contributed by atoms with E-state index in [-0.39, 0.29) is 4.90 Å². The third-order valence-corrected chi connectivity index (χ3v) is 4.84. The lowest BCUT2D eigenvalue weighted by Gasteiger charge is -2.11. The Balaban J connectivity index is 2.38. The van der Waals surface area contributed by atoms with Crippen LogP contribution in [0.25, 0.3) is 0 Å². The molecule has 1 aromatic carbocycles. The summed E-state index contributed by atoms with van der Waals surface area (Å²) in [6, 6.07) is 7.48. The van der Waals surface area contributed by atoms with E-state index in [9.17, 15) is 8.42 Å². The summed E-state index contributed by atoms with van der Waals surface area (Å²) < 4.78 is 27.5. The van der Waals surface area contributed by atoms with Gasteiger partial charge in [0.05, 0.1) is 16.3 Å². The van der Waals surface area contributed by atoms with Gasteiger partial charge in [-0.15, -0.1) is 0 Å². The maximum Gasteiger partial charge on any atom is 0.261 e. The summed E-state index contributed by atoms with van der Waals surface area (Å²) in [5, 5.41) is 0.306. The van der Waals surface area contributed by atoms with Gasteiger partial charge in [-0.1, -0.05) is 11.6 Å². The van der Waals surface area contributed by atoms with Gasteiger partial charge in [0.15, 0.2) is 0 Å². The SMILES string of the molecule is Cc1nc(Cl)ccc1NS(=O)(=O)c1ccc(N)c(Br)c1. The second-order valence-corrected chi connectivity index (χ2v) is 6.98. The van der Waals surface area contributed by atoms with Crippen molar-refractivity contribution in [3.8, 4) is 0 Å². The van der Waals surface area contributed by atoms with E-state index < -0.39 is 10.0 Å². The molecule has 0 amide bonds. The van der Waals surface area contributed by atoms with Crippen molar-refractivity contribution in [2.45, 2.75) is 11.8 Å². The van der Waals surface area contributed by atoms with Crippen molar-refractivity contribution in [1.29, 1.82) is 0 Å². The fourth-order valence-corrected chi connectivity index (χ4v) is 3.38. The Kier molecular flexibility index (Phi) is 4.22. The minimum absolute atomic E-state index is 0.105. The molecule has 0 aliphatic rings. The number of benzene rings is 1. The van der Waals surface area contributed by atoms with Crippen molar-refractivity contribution in [2.75, 3.05) is 10.5 Å². The highest BCUT2D eigenvalue weighted by Crippen LogP contribution is 2.25. The number of pyridine rings is 1. The summed E-state index contributed by atoms with van der Waals surface area (Å²) in [6.45, 7) is 1.67. The number of anilines is 2. The van der Waals surface area contributed by atoms with Gasteiger partial charge in [0, 0.05) is 10.2 Å². The summed E-state index contributed by atoms with van der Waals surface area (Å²) in [7, 11) is -3.71. The van der Waals surface area contributed by atoms with Crippen LogP contribution in [0.15, 0.2) is 39.7 Å². The lowest BCUT2D eigenvalue weighted by molar-refractivity contribution is 0.601. The van der Waals surface area contributed by atoms with Crippen LogP contribution in [0.2, 0.25) is 5.15 Å². The average Bonchev–Trinajstić information content (AvgIpc) is 2.36. The molecule has 0 aliphatic heterocycles. The highest BCUT2D eigenvalue weighted by molar-refractivity contribution is 9.10. The number of halogens is 2. The molecule has 0 fully saturated rings. The van der Waals surface area contributed by atoms with E-state index in [1.54, 1.807) is 13.0 Å². The van der Waals surface area contributed by atoms with Crippen molar-refractivity contribution >= 4 is 48.9 Å². The van der Waals surface area contributed by atoms with Crippen molar-refractivity contribution in [3.05, 3.63) is 45.7 Å². The van der Waals surface area contributed by atoms with E-state index in [0.717, 1.165) is 0 Å². The Bertz CT molecular complexity index is 765. The number of aryl methyl sites for hydroxylation is 1. The molecular formula is C12H11BrClN3O2S. The molecular weight excluding hydrogens is 366 g/mol. The molecule has 0 spiro atoms. The molecule has 0 radical (unpaired) electrons. The number of sulfonamides is 1. The minimum Gasteiger partial charge on any atom is -0.398 e.